The lowest BCUT2D eigenvalue weighted by Gasteiger charge is -2.43. The Balaban J connectivity index is 1.18. The van der Waals surface area contributed by atoms with E-state index in [4.69, 9.17) is 12.2 Å². The molecule has 3 aromatic rings. The number of para-hydroxylation sites is 2. The number of piperidine rings is 1. The van der Waals surface area contributed by atoms with Gasteiger partial charge in [0.05, 0.1) is 17.1 Å². The molecule has 8 heteroatoms. The van der Waals surface area contributed by atoms with Gasteiger partial charge in [-0.1, -0.05) is 66.1 Å². The number of thiocarbonyl (C=S) groups is 1. The van der Waals surface area contributed by atoms with Crippen LogP contribution in [0.4, 0.5) is 11.4 Å². The van der Waals surface area contributed by atoms with Crippen molar-refractivity contribution in [1.82, 2.24) is 9.47 Å². The van der Waals surface area contributed by atoms with Gasteiger partial charge >= 0.3 is 0 Å². The average Bonchev–Trinajstić information content (AvgIpc) is 2.86. The minimum absolute atomic E-state index is 0.0293. The number of fused-ring (bicyclic) bond motifs is 6. The molecule has 4 heterocycles. The number of nitrogens with zero attached hydrogens (tertiary/aromatic N) is 3. The van der Waals surface area contributed by atoms with Crippen LogP contribution in [0.2, 0.25) is 0 Å². The van der Waals surface area contributed by atoms with E-state index in [1.807, 2.05) is 51.9 Å². The summed E-state index contributed by atoms with van der Waals surface area (Å²) in [7, 11) is 0. The second-order valence-corrected chi connectivity index (χ2v) is 11.6. The number of hydrogen-bond donors (Lipinski definition) is 0. The minimum atomic E-state index is 0.0293. The van der Waals surface area contributed by atoms with Crippen LogP contribution < -0.4 is 10.5 Å². The fourth-order valence-corrected chi connectivity index (χ4v) is 7.39. The van der Waals surface area contributed by atoms with E-state index >= 15 is 0 Å². The molecule has 5 nitrogen and oxygen atoms in total. The topological polar surface area (TPSA) is 45.6 Å². The number of likely N-dealkylation sites (tertiary alicyclic amines) is 1. The van der Waals surface area contributed by atoms with Crippen LogP contribution in [0.3, 0.4) is 0 Å². The second-order valence-electron chi connectivity index (χ2n) is 8.92. The zero-order valence-electron chi connectivity index (χ0n) is 18.4. The fraction of sp³-hybridized carbons (Fsp3) is 0.269. The maximum absolute atomic E-state index is 13.5. The molecule has 1 saturated heterocycles. The molecule has 1 aromatic heterocycles. The molecule has 1 fully saturated rings. The molecular formula is C26H23N3O2S3. The Kier molecular flexibility index (Phi) is 5.75. The largest absolute Gasteiger partial charge is 0.356 e. The summed E-state index contributed by atoms with van der Waals surface area (Å²) in [5, 5.41) is 0. The van der Waals surface area contributed by atoms with Gasteiger partial charge in [0.15, 0.2) is 0 Å². The Hall–Kier alpha value is -2.55. The molecule has 172 valence electrons. The highest BCUT2D eigenvalue weighted by Crippen LogP contribution is 2.48. The lowest BCUT2D eigenvalue weighted by Crippen LogP contribution is -2.48. The van der Waals surface area contributed by atoms with Gasteiger partial charge in [-0.15, -0.1) is 0 Å². The molecule has 3 aliphatic rings. The van der Waals surface area contributed by atoms with Crippen molar-refractivity contribution >= 4 is 57.3 Å². The van der Waals surface area contributed by atoms with E-state index in [1.54, 1.807) is 17.8 Å². The van der Waals surface area contributed by atoms with E-state index in [0.717, 1.165) is 57.2 Å². The summed E-state index contributed by atoms with van der Waals surface area (Å²) >= 11 is 8.94. The van der Waals surface area contributed by atoms with E-state index < -0.39 is 0 Å². The average molecular weight is 506 g/mol. The number of pyridine rings is 1. The van der Waals surface area contributed by atoms with Gasteiger partial charge in [-0.3, -0.25) is 14.5 Å². The first kappa shape index (κ1) is 21.9. The molecular weight excluding hydrogens is 483 g/mol. The number of anilines is 2. The Bertz CT molecular complexity index is 1310. The minimum Gasteiger partial charge on any atom is -0.356 e. The van der Waals surface area contributed by atoms with Crippen molar-refractivity contribution in [3.05, 3.63) is 82.8 Å². The normalized spacial score (nSPS) is 20.2. The molecule has 0 radical (unpaired) electrons. The molecule has 6 rings (SSSR count). The highest BCUT2D eigenvalue weighted by Gasteiger charge is 2.36. The lowest BCUT2D eigenvalue weighted by molar-refractivity contribution is -0.115. The van der Waals surface area contributed by atoms with Crippen LogP contribution in [0.5, 0.6) is 0 Å². The Labute approximate surface area is 212 Å². The summed E-state index contributed by atoms with van der Waals surface area (Å²) in [4.78, 5) is 32.0. The Morgan fingerprint density at radius 3 is 2.38 bits per heavy atom. The Morgan fingerprint density at radius 1 is 0.941 bits per heavy atom. The van der Waals surface area contributed by atoms with Crippen molar-refractivity contribution in [2.75, 3.05) is 23.7 Å². The van der Waals surface area contributed by atoms with Crippen LogP contribution in [-0.4, -0.2) is 38.5 Å². The molecule has 2 aromatic carbocycles. The summed E-state index contributed by atoms with van der Waals surface area (Å²) < 4.78 is 2.70. The number of benzene rings is 2. The van der Waals surface area contributed by atoms with Crippen LogP contribution >= 0.6 is 35.7 Å². The number of amides is 1. The van der Waals surface area contributed by atoms with Crippen molar-refractivity contribution in [1.29, 1.82) is 0 Å². The van der Waals surface area contributed by atoms with Gasteiger partial charge in [0, 0.05) is 47.1 Å². The quantitative estimate of drug-likeness (QED) is 0.451. The third kappa shape index (κ3) is 3.87. The monoisotopic (exact) mass is 505 g/mol. The molecule has 3 aliphatic heterocycles. The third-order valence-electron chi connectivity index (χ3n) is 6.74. The first-order chi connectivity index (χ1) is 16.6. The maximum atomic E-state index is 13.5. The first-order valence-electron chi connectivity index (χ1n) is 11.4. The summed E-state index contributed by atoms with van der Waals surface area (Å²) in [5.41, 5.74) is 3.05. The number of carbonyl (C=O) groups is 1. The molecule has 1 amide bonds. The van der Waals surface area contributed by atoms with E-state index in [-0.39, 0.29) is 17.2 Å². The zero-order valence-corrected chi connectivity index (χ0v) is 20.9. The third-order valence-corrected chi connectivity index (χ3v) is 9.38. The standard InChI is InChI=1S/C26H23N3O2S3/c30-24-11-5-8-19-18-12-17(14-28(19)24)13-27(15-18)26(32)33-16-25(31)29-20-6-1-3-9-22(20)34-23-10-4-2-7-21(23)29/h1-11,17-18H,12-16H2. The van der Waals surface area contributed by atoms with Gasteiger partial charge in [-0.05, 0) is 42.7 Å². The van der Waals surface area contributed by atoms with Crippen molar-refractivity contribution in [2.45, 2.75) is 28.7 Å². The van der Waals surface area contributed by atoms with Crippen LogP contribution in [0.15, 0.2) is 81.3 Å². The molecule has 2 atom stereocenters. The second kappa shape index (κ2) is 8.91. The predicted molar refractivity (Wildman–Crippen MR) is 142 cm³/mol. The molecule has 0 N–H and O–H groups in total. The lowest BCUT2D eigenvalue weighted by atomic mass is 9.83. The predicted octanol–water partition coefficient (Wildman–Crippen LogP) is 5.12. The number of carbonyl (C=O) groups excluding carboxylic acids is 1. The summed E-state index contributed by atoms with van der Waals surface area (Å²) in [6.07, 6.45) is 1.09. The number of hydrogen-bond acceptors (Lipinski definition) is 5. The van der Waals surface area contributed by atoms with Gasteiger partial charge in [-0.25, -0.2) is 0 Å². The van der Waals surface area contributed by atoms with E-state index in [9.17, 15) is 9.59 Å². The van der Waals surface area contributed by atoms with E-state index in [1.165, 1.54) is 11.8 Å². The smallest absolute Gasteiger partial charge is 0.250 e. The van der Waals surface area contributed by atoms with Gasteiger partial charge in [0.2, 0.25) is 5.91 Å². The van der Waals surface area contributed by atoms with Crippen molar-refractivity contribution in [3.8, 4) is 0 Å². The number of thioether (sulfide) groups is 1. The highest BCUT2D eigenvalue weighted by molar-refractivity contribution is 8.23. The number of rotatable bonds is 2. The number of aromatic nitrogens is 1. The summed E-state index contributed by atoms with van der Waals surface area (Å²) in [5.74, 6) is 1.02. The van der Waals surface area contributed by atoms with Crippen molar-refractivity contribution in [2.24, 2.45) is 5.92 Å². The summed E-state index contributed by atoms with van der Waals surface area (Å²) in [6, 6.07) is 21.6. The molecule has 0 spiro atoms. The SMILES string of the molecule is O=C(CSC(=S)N1CC2CC(C1)c1cccc(=O)n1C2)N1c2ccccc2Sc2ccccc21. The van der Waals surface area contributed by atoms with Gasteiger partial charge in [0.25, 0.3) is 5.56 Å². The van der Waals surface area contributed by atoms with E-state index in [0.29, 0.717) is 11.8 Å². The van der Waals surface area contributed by atoms with Crippen LogP contribution in [0.1, 0.15) is 18.0 Å². The molecule has 2 bridgehead atoms. The van der Waals surface area contributed by atoms with E-state index in [2.05, 4.69) is 23.1 Å². The van der Waals surface area contributed by atoms with Gasteiger partial charge in [-0.2, -0.15) is 0 Å². The molecule has 2 unspecified atom stereocenters. The molecule has 0 aliphatic carbocycles. The zero-order chi connectivity index (χ0) is 23.2. The van der Waals surface area contributed by atoms with Crippen LogP contribution in [0, 0.1) is 5.92 Å². The summed E-state index contributed by atoms with van der Waals surface area (Å²) in [6.45, 7) is 2.38. The van der Waals surface area contributed by atoms with Crippen LogP contribution in [0.25, 0.3) is 0 Å². The van der Waals surface area contributed by atoms with Crippen molar-refractivity contribution in [3.63, 3.8) is 0 Å². The van der Waals surface area contributed by atoms with Crippen LogP contribution in [-0.2, 0) is 11.3 Å². The van der Waals surface area contributed by atoms with Gasteiger partial charge < -0.3 is 9.47 Å². The molecule has 34 heavy (non-hydrogen) atoms. The first-order valence-corrected chi connectivity index (χ1v) is 13.6. The maximum Gasteiger partial charge on any atom is 0.250 e. The van der Waals surface area contributed by atoms with Crippen molar-refractivity contribution < 1.29 is 4.79 Å². The Morgan fingerprint density at radius 2 is 1.65 bits per heavy atom. The van der Waals surface area contributed by atoms with Gasteiger partial charge in [0.1, 0.15) is 4.32 Å². The highest BCUT2D eigenvalue weighted by atomic mass is 32.2. The fourth-order valence-electron chi connectivity index (χ4n) is 5.30. The molecule has 0 saturated carbocycles.